The predicted octanol–water partition coefficient (Wildman–Crippen LogP) is 4.47. The van der Waals surface area contributed by atoms with Crippen molar-refractivity contribution in [3.05, 3.63) is 58.5 Å². The molecule has 0 N–H and O–H groups in total. The molecule has 2 fully saturated rings. The lowest BCUT2D eigenvalue weighted by Crippen LogP contribution is -2.62. The molecule has 186 valence electrons. The fourth-order valence-electron chi connectivity index (χ4n) is 5.90. The Labute approximate surface area is 214 Å². The lowest BCUT2D eigenvalue weighted by atomic mass is 9.57. The fourth-order valence-corrected chi connectivity index (χ4v) is 6.09. The number of hydrogen-bond acceptors (Lipinski definition) is 7. The number of fused-ring (bicyclic) bond motifs is 3. The molecule has 0 bridgehead atoms. The van der Waals surface area contributed by atoms with Crippen molar-refractivity contribution >= 4 is 17.4 Å². The van der Waals surface area contributed by atoms with Crippen LogP contribution in [0.3, 0.4) is 0 Å². The van der Waals surface area contributed by atoms with Gasteiger partial charge in [0.1, 0.15) is 17.2 Å². The van der Waals surface area contributed by atoms with Crippen molar-refractivity contribution in [1.82, 2.24) is 24.6 Å². The summed E-state index contributed by atoms with van der Waals surface area (Å²) in [5.41, 5.74) is 1.62. The summed E-state index contributed by atoms with van der Waals surface area (Å²) < 4.78 is 21.1. The molecule has 6 rings (SSSR count). The Morgan fingerprint density at radius 3 is 2.69 bits per heavy atom. The largest absolute Gasteiger partial charge is 0.493 e. The van der Waals surface area contributed by atoms with Crippen molar-refractivity contribution in [1.29, 1.82) is 5.26 Å². The average molecular weight is 508 g/mol. The van der Waals surface area contributed by atoms with Crippen LogP contribution in [0, 0.1) is 22.6 Å². The van der Waals surface area contributed by atoms with Gasteiger partial charge in [-0.3, -0.25) is 9.47 Å². The van der Waals surface area contributed by atoms with Gasteiger partial charge in [0.25, 0.3) is 0 Å². The molecule has 1 spiro atoms. The normalized spacial score (nSPS) is 19.1. The van der Waals surface area contributed by atoms with Crippen molar-refractivity contribution in [2.45, 2.75) is 51.2 Å². The van der Waals surface area contributed by atoms with E-state index in [0.717, 1.165) is 48.8 Å². The van der Waals surface area contributed by atoms with Crippen LogP contribution in [0.4, 0.5) is 10.2 Å². The van der Waals surface area contributed by atoms with Crippen LogP contribution >= 0.6 is 11.6 Å². The van der Waals surface area contributed by atoms with E-state index in [1.165, 1.54) is 19.4 Å². The summed E-state index contributed by atoms with van der Waals surface area (Å²) in [5.74, 6) is 2.84. The average Bonchev–Trinajstić information content (AvgIpc) is 3.12. The van der Waals surface area contributed by atoms with E-state index in [4.69, 9.17) is 16.3 Å². The highest BCUT2D eigenvalue weighted by Gasteiger charge is 2.55. The Hall–Kier alpha value is -3.22. The Bertz CT molecular complexity index is 1380. The summed E-state index contributed by atoms with van der Waals surface area (Å²) in [7, 11) is 1.54. The molecule has 0 amide bonds. The van der Waals surface area contributed by atoms with Gasteiger partial charge in [0, 0.05) is 42.1 Å². The third-order valence-corrected chi connectivity index (χ3v) is 8.13. The second kappa shape index (κ2) is 8.15. The quantitative estimate of drug-likeness (QED) is 0.515. The molecule has 0 radical (unpaired) electrons. The Balaban J connectivity index is 1.25. The van der Waals surface area contributed by atoms with Crippen molar-refractivity contribution in [3.8, 4) is 17.5 Å². The fraction of sp³-hybridized carbons (Fsp3) is 0.462. The van der Waals surface area contributed by atoms with E-state index >= 15 is 0 Å². The zero-order valence-electron chi connectivity index (χ0n) is 20.5. The summed E-state index contributed by atoms with van der Waals surface area (Å²) in [6, 6.07) is 9.70. The molecule has 2 aromatic heterocycles. The second-order valence-corrected chi connectivity index (χ2v) is 11.2. The van der Waals surface area contributed by atoms with E-state index in [9.17, 15) is 9.65 Å². The number of aromatic nitrogens is 4. The molecular weight excluding hydrogens is 481 g/mol. The number of methoxy groups -OCH3 is 1. The third-order valence-electron chi connectivity index (χ3n) is 7.89. The van der Waals surface area contributed by atoms with Crippen LogP contribution < -0.4 is 9.64 Å². The van der Waals surface area contributed by atoms with Gasteiger partial charge in [-0.1, -0.05) is 11.6 Å². The maximum Gasteiger partial charge on any atom is 0.171 e. The summed E-state index contributed by atoms with van der Waals surface area (Å²) >= 11 is 6.36. The summed E-state index contributed by atoms with van der Waals surface area (Å²) in [6.45, 7) is 6.70. The van der Waals surface area contributed by atoms with Crippen LogP contribution in [-0.4, -0.2) is 50.4 Å². The first-order valence-electron chi connectivity index (χ1n) is 12.1. The number of anilines is 1. The number of ether oxygens (including phenoxy) is 1. The number of nitrogens with zero attached hydrogens (tertiary/aromatic N) is 7. The van der Waals surface area contributed by atoms with Crippen LogP contribution in [0.25, 0.3) is 5.69 Å². The zero-order chi connectivity index (χ0) is 25.2. The van der Waals surface area contributed by atoms with Crippen molar-refractivity contribution in [2.24, 2.45) is 5.41 Å². The molecule has 1 aromatic carbocycles. The molecule has 36 heavy (non-hydrogen) atoms. The Morgan fingerprint density at radius 1 is 1.19 bits per heavy atom. The number of halogens is 2. The number of pyridine rings is 1. The first-order chi connectivity index (χ1) is 17.2. The van der Waals surface area contributed by atoms with Gasteiger partial charge in [-0.2, -0.15) is 5.26 Å². The van der Waals surface area contributed by atoms with Gasteiger partial charge in [0.15, 0.2) is 17.4 Å². The molecule has 0 atom stereocenters. The van der Waals surface area contributed by atoms with Crippen LogP contribution in [0.5, 0.6) is 5.75 Å². The van der Waals surface area contributed by atoms with Crippen LogP contribution in [0.15, 0.2) is 30.5 Å². The van der Waals surface area contributed by atoms with E-state index in [2.05, 4.69) is 35.6 Å². The lowest BCUT2D eigenvalue weighted by Gasteiger charge is -2.59. The molecule has 1 saturated carbocycles. The highest BCUT2D eigenvalue weighted by atomic mass is 35.5. The topological polar surface area (TPSA) is 83.1 Å². The van der Waals surface area contributed by atoms with E-state index in [1.807, 2.05) is 32.0 Å². The van der Waals surface area contributed by atoms with Gasteiger partial charge in [-0.15, -0.1) is 10.2 Å². The minimum Gasteiger partial charge on any atom is -0.493 e. The number of hydrogen-bond donors (Lipinski definition) is 0. The lowest BCUT2D eigenvalue weighted by molar-refractivity contribution is 0.0577. The molecule has 3 aliphatic rings. The highest BCUT2D eigenvalue weighted by Crippen LogP contribution is 2.57. The van der Waals surface area contributed by atoms with Crippen molar-refractivity contribution in [3.63, 3.8) is 0 Å². The zero-order valence-corrected chi connectivity index (χ0v) is 21.3. The van der Waals surface area contributed by atoms with Crippen molar-refractivity contribution < 1.29 is 9.13 Å². The van der Waals surface area contributed by atoms with Gasteiger partial charge < -0.3 is 9.64 Å². The van der Waals surface area contributed by atoms with E-state index in [1.54, 1.807) is 0 Å². The summed E-state index contributed by atoms with van der Waals surface area (Å²) in [5, 5.41) is 19.7. The molecule has 1 saturated heterocycles. The summed E-state index contributed by atoms with van der Waals surface area (Å²) in [6.07, 6.45) is 3.24. The molecular formula is C26H27ClFN7O. The van der Waals surface area contributed by atoms with Gasteiger partial charge in [-0.25, -0.2) is 9.37 Å². The molecule has 4 heterocycles. The van der Waals surface area contributed by atoms with Gasteiger partial charge in [0.2, 0.25) is 0 Å². The third kappa shape index (κ3) is 3.62. The van der Waals surface area contributed by atoms with E-state index in [0.29, 0.717) is 29.7 Å². The van der Waals surface area contributed by atoms with Crippen LogP contribution in [-0.2, 0) is 13.1 Å². The maximum absolute atomic E-state index is 13.6. The van der Waals surface area contributed by atoms with Crippen LogP contribution in [0.1, 0.15) is 49.8 Å². The SMILES string of the molecule is COc1cc(F)cnc1N1CC2(CC(c3nnc4n3-c3ccc(Cl)cc3CN(C(C)(C)C#N)C4)C2)C1. The molecule has 10 heteroatoms. The number of rotatable bonds is 4. The number of benzene rings is 1. The van der Waals surface area contributed by atoms with Gasteiger partial charge >= 0.3 is 0 Å². The molecule has 0 unspecified atom stereocenters. The molecule has 3 aromatic rings. The molecule has 2 aliphatic heterocycles. The first kappa shape index (κ1) is 23.2. The second-order valence-electron chi connectivity index (χ2n) is 10.8. The monoisotopic (exact) mass is 507 g/mol. The Kier molecular flexibility index (Phi) is 5.25. The van der Waals surface area contributed by atoms with Crippen LogP contribution in [0.2, 0.25) is 5.02 Å². The van der Waals surface area contributed by atoms with Crippen molar-refractivity contribution in [2.75, 3.05) is 25.1 Å². The predicted molar refractivity (Wildman–Crippen MR) is 133 cm³/mol. The highest BCUT2D eigenvalue weighted by molar-refractivity contribution is 6.30. The van der Waals surface area contributed by atoms with Gasteiger partial charge in [0.05, 0.1) is 31.6 Å². The smallest absolute Gasteiger partial charge is 0.171 e. The number of nitriles is 1. The van der Waals surface area contributed by atoms with Gasteiger partial charge in [-0.05, 0) is 50.5 Å². The maximum atomic E-state index is 13.6. The summed E-state index contributed by atoms with van der Waals surface area (Å²) in [4.78, 5) is 8.53. The van der Waals surface area contributed by atoms with E-state index in [-0.39, 0.29) is 11.3 Å². The Morgan fingerprint density at radius 2 is 1.97 bits per heavy atom. The minimum absolute atomic E-state index is 0.195. The standard InChI is InChI=1S/C26H27ClFN7O/c1-25(2,13-29)34-11-16-6-18(27)4-5-20(16)35-22(12-34)31-32-23(35)17-8-26(9-17)14-33(15-26)24-21(36-3)7-19(28)10-30-24/h4-7,10,17H,8-9,11-12,14-15H2,1-3H3. The molecule has 1 aliphatic carbocycles. The minimum atomic E-state index is -0.660. The first-order valence-corrected chi connectivity index (χ1v) is 12.4. The van der Waals surface area contributed by atoms with E-state index < -0.39 is 11.4 Å². The molecule has 8 nitrogen and oxygen atoms in total.